The molecule has 2 nitrogen and oxygen atoms in total. The number of benzene rings is 6. The fraction of sp³-hybridized carbons (Fsp3) is 0.0526. The van der Waals surface area contributed by atoms with Crippen LogP contribution in [0.3, 0.4) is 0 Å². The van der Waals surface area contributed by atoms with Gasteiger partial charge in [-0.3, -0.25) is 0 Å². The lowest BCUT2D eigenvalue weighted by atomic mass is 9.58. The summed E-state index contributed by atoms with van der Waals surface area (Å²) >= 11 is 1.88. The van der Waals surface area contributed by atoms with E-state index in [9.17, 15) is 0 Å². The summed E-state index contributed by atoms with van der Waals surface area (Å²) in [5, 5.41) is 9.19. The molecule has 42 heavy (non-hydrogen) atoms. The third-order valence-electron chi connectivity index (χ3n) is 8.98. The van der Waals surface area contributed by atoms with E-state index in [2.05, 4.69) is 139 Å². The van der Waals surface area contributed by atoms with Crippen LogP contribution in [0.15, 0.2) is 115 Å². The van der Waals surface area contributed by atoms with Gasteiger partial charge < -0.3 is 9.88 Å². The van der Waals surface area contributed by atoms with E-state index in [4.69, 9.17) is 0 Å². The molecule has 0 radical (unpaired) electrons. The lowest BCUT2D eigenvalue weighted by molar-refractivity contribution is 1.18. The van der Waals surface area contributed by atoms with E-state index >= 15 is 0 Å². The standard InChI is InChI=1S/C38H27BN2S/c1-22-20-27(37-32(21-22)41-31-16-7-4-11-24(31)25-13-9-14-28(39-37)38(25)41)35-30(40-29-15-6-3-10-23(29)2)18-19-34-36(35)26-12-5-8-17-33(26)42-34/h3-21,39-40H,1-2H3. The third kappa shape index (κ3) is 3.33. The van der Waals surface area contributed by atoms with Gasteiger partial charge in [0.15, 0.2) is 7.28 Å². The van der Waals surface area contributed by atoms with E-state index in [1.807, 2.05) is 11.3 Å². The molecule has 9 rings (SSSR count). The molecule has 198 valence electrons. The van der Waals surface area contributed by atoms with E-state index in [1.54, 1.807) is 0 Å². The third-order valence-corrected chi connectivity index (χ3v) is 10.1. The van der Waals surface area contributed by atoms with Crippen molar-refractivity contribution in [1.82, 2.24) is 4.57 Å². The van der Waals surface area contributed by atoms with Crippen molar-refractivity contribution in [2.24, 2.45) is 0 Å². The van der Waals surface area contributed by atoms with Crippen molar-refractivity contribution in [3.63, 3.8) is 0 Å². The van der Waals surface area contributed by atoms with Crippen LogP contribution in [0, 0.1) is 13.8 Å². The van der Waals surface area contributed by atoms with Crippen molar-refractivity contribution in [1.29, 1.82) is 0 Å². The molecule has 1 N–H and O–H groups in total. The number of fused-ring (bicyclic) bond motifs is 8. The molecule has 2 aromatic heterocycles. The Bertz CT molecular complexity index is 2390. The molecule has 0 atom stereocenters. The largest absolute Gasteiger partial charge is 0.355 e. The van der Waals surface area contributed by atoms with E-state index in [0.717, 1.165) is 18.7 Å². The Kier molecular flexibility index (Phi) is 5.03. The Labute approximate surface area is 249 Å². The first-order valence-corrected chi connectivity index (χ1v) is 15.4. The van der Waals surface area contributed by atoms with Crippen LogP contribution in [0.4, 0.5) is 11.4 Å². The highest BCUT2D eigenvalue weighted by molar-refractivity contribution is 7.26. The molecule has 0 saturated heterocycles. The number of nitrogens with one attached hydrogen (secondary N) is 1. The van der Waals surface area contributed by atoms with Gasteiger partial charge in [-0.25, -0.2) is 0 Å². The number of hydrogen-bond acceptors (Lipinski definition) is 2. The lowest BCUT2D eigenvalue weighted by Gasteiger charge is -2.25. The number of anilines is 2. The van der Waals surface area contributed by atoms with Crippen LogP contribution in [-0.4, -0.2) is 11.8 Å². The van der Waals surface area contributed by atoms with E-state index < -0.39 is 0 Å². The molecule has 1 aliphatic rings. The normalized spacial score (nSPS) is 12.2. The van der Waals surface area contributed by atoms with Gasteiger partial charge in [0.05, 0.1) is 5.52 Å². The smallest absolute Gasteiger partial charge is 0.198 e. The topological polar surface area (TPSA) is 17.0 Å². The molecule has 0 amide bonds. The molecule has 0 spiro atoms. The molecule has 1 aliphatic heterocycles. The average Bonchev–Trinajstić information content (AvgIpc) is 3.56. The number of aromatic nitrogens is 1. The number of para-hydroxylation sites is 3. The monoisotopic (exact) mass is 554 g/mol. The summed E-state index contributed by atoms with van der Waals surface area (Å²) in [5.74, 6) is 0. The fourth-order valence-electron chi connectivity index (χ4n) is 7.14. The molecule has 0 bridgehead atoms. The maximum atomic E-state index is 3.87. The zero-order chi connectivity index (χ0) is 27.9. The van der Waals surface area contributed by atoms with Crippen LogP contribution in [-0.2, 0) is 0 Å². The zero-order valence-corrected chi connectivity index (χ0v) is 24.3. The number of aryl methyl sites for hydroxylation is 2. The predicted molar refractivity (Wildman–Crippen MR) is 185 cm³/mol. The maximum Gasteiger partial charge on any atom is 0.198 e. The molecule has 6 aromatic carbocycles. The first-order chi connectivity index (χ1) is 20.7. The molecule has 0 unspecified atom stereocenters. The number of thiophene rings is 1. The summed E-state index contributed by atoms with van der Waals surface area (Å²) in [7, 11) is 0.904. The van der Waals surface area contributed by atoms with Crippen LogP contribution < -0.4 is 16.2 Å². The first kappa shape index (κ1) is 23.9. The van der Waals surface area contributed by atoms with Gasteiger partial charge in [0.2, 0.25) is 0 Å². The van der Waals surface area contributed by atoms with Gasteiger partial charge in [0.1, 0.15) is 0 Å². The van der Waals surface area contributed by atoms with Gasteiger partial charge in [0.25, 0.3) is 0 Å². The van der Waals surface area contributed by atoms with Gasteiger partial charge in [-0.15, -0.1) is 11.3 Å². The second-order valence-electron chi connectivity index (χ2n) is 11.6. The highest BCUT2D eigenvalue weighted by Crippen LogP contribution is 2.45. The van der Waals surface area contributed by atoms with Crippen LogP contribution in [0.25, 0.3) is 58.8 Å². The van der Waals surface area contributed by atoms with Crippen LogP contribution >= 0.6 is 11.3 Å². The highest BCUT2D eigenvalue weighted by Gasteiger charge is 2.27. The molecule has 0 aliphatic carbocycles. The SMILES string of the molecule is Cc1cc(-c2c(Nc3ccccc3C)ccc3sc4ccccc4c23)c2c(c1)-n1c3ccccc3c3cccc(c31)B2. The van der Waals surface area contributed by atoms with Crippen molar-refractivity contribution in [3.05, 3.63) is 126 Å². The molecule has 3 heterocycles. The van der Waals surface area contributed by atoms with Crippen molar-refractivity contribution in [2.45, 2.75) is 13.8 Å². The van der Waals surface area contributed by atoms with E-state index in [1.165, 1.54) is 80.8 Å². The highest BCUT2D eigenvalue weighted by atomic mass is 32.1. The van der Waals surface area contributed by atoms with Gasteiger partial charge in [-0.05, 0) is 72.4 Å². The molecule has 8 aromatic rings. The minimum absolute atomic E-state index is 0.904. The second kappa shape index (κ2) is 8.85. The van der Waals surface area contributed by atoms with Crippen LogP contribution in [0.1, 0.15) is 11.1 Å². The molecular formula is C38H27BN2S. The summed E-state index contributed by atoms with van der Waals surface area (Å²) in [6.07, 6.45) is 0. The number of nitrogens with zero attached hydrogens (tertiary/aromatic N) is 1. The van der Waals surface area contributed by atoms with Crippen molar-refractivity contribution >= 4 is 82.9 Å². The summed E-state index contributed by atoms with van der Waals surface area (Å²) in [5.41, 5.74) is 14.1. The van der Waals surface area contributed by atoms with E-state index in [-0.39, 0.29) is 0 Å². The van der Waals surface area contributed by atoms with Crippen LogP contribution in [0.5, 0.6) is 0 Å². The molecule has 4 heteroatoms. The predicted octanol–water partition coefficient (Wildman–Crippen LogP) is 8.88. The molecule has 0 fully saturated rings. The van der Waals surface area contributed by atoms with Crippen molar-refractivity contribution in [2.75, 3.05) is 5.32 Å². The zero-order valence-electron chi connectivity index (χ0n) is 23.5. The Morgan fingerprint density at radius 2 is 1.45 bits per heavy atom. The second-order valence-corrected chi connectivity index (χ2v) is 12.6. The first-order valence-electron chi connectivity index (χ1n) is 14.6. The summed E-state index contributed by atoms with van der Waals surface area (Å²) in [6.45, 7) is 4.42. The molecular weight excluding hydrogens is 527 g/mol. The fourth-order valence-corrected chi connectivity index (χ4v) is 8.25. The number of hydrogen-bond donors (Lipinski definition) is 1. The molecule has 0 saturated carbocycles. The quantitative estimate of drug-likeness (QED) is 0.216. The average molecular weight is 555 g/mol. The van der Waals surface area contributed by atoms with Gasteiger partial charge in [-0.2, -0.15) is 0 Å². The van der Waals surface area contributed by atoms with Gasteiger partial charge in [-0.1, -0.05) is 84.3 Å². The maximum absolute atomic E-state index is 3.87. The summed E-state index contributed by atoms with van der Waals surface area (Å²) < 4.78 is 5.17. The Hall–Kier alpha value is -4.80. The minimum atomic E-state index is 0.904. The minimum Gasteiger partial charge on any atom is -0.355 e. The number of rotatable bonds is 3. The van der Waals surface area contributed by atoms with Crippen molar-refractivity contribution in [3.8, 4) is 16.8 Å². The van der Waals surface area contributed by atoms with Crippen LogP contribution in [0.2, 0.25) is 0 Å². The summed E-state index contributed by atoms with van der Waals surface area (Å²) in [6, 6.07) is 42.5. The Balaban J connectivity index is 1.41. The Morgan fingerprint density at radius 1 is 0.667 bits per heavy atom. The van der Waals surface area contributed by atoms with Gasteiger partial charge in [0, 0.05) is 59.1 Å². The lowest BCUT2D eigenvalue weighted by Crippen LogP contribution is -2.37. The summed E-state index contributed by atoms with van der Waals surface area (Å²) in [4.78, 5) is 0. The Morgan fingerprint density at radius 3 is 2.36 bits per heavy atom. The van der Waals surface area contributed by atoms with Gasteiger partial charge >= 0.3 is 0 Å². The van der Waals surface area contributed by atoms with E-state index in [0.29, 0.717) is 0 Å². The van der Waals surface area contributed by atoms with Crippen molar-refractivity contribution < 1.29 is 0 Å².